The second kappa shape index (κ2) is 6.53. The largest absolute Gasteiger partial charge is 0.376 e. The van der Waals surface area contributed by atoms with Crippen molar-refractivity contribution in [2.45, 2.75) is 18.9 Å². The van der Waals surface area contributed by atoms with E-state index >= 15 is 0 Å². The lowest BCUT2D eigenvalue weighted by Gasteiger charge is -2.13. The average Bonchev–Trinajstić information content (AvgIpc) is 3.21. The van der Waals surface area contributed by atoms with Gasteiger partial charge < -0.3 is 10.1 Å². The van der Waals surface area contributed by atoms with Crippen LogP contribution in [0.2, 0.25) is 0 Å². The Kier molecular flexibility index (Phi) is 4.24. The molecule has 24 heavy (non-hydrogen) atoms. The molecule has 0 radical (unpaired) electrons. The van der Waals surface area contributed by atoms with Crippen molar-refractivity contribution in [3.05, 3.63) is 52.9 Å². The molecule has 4 rings (SSSR count). The Morgan fingerprint density at radius 2 is 2.08 bits per heavy atom. The topological polar surface area (TPSA) is 38.6 Å². The zero-order chi connectivity index (χ0) is 16.5. The van der Waals surface area contributed by atoms with Gasteiger partial charge in [0.2, 0.25) is 0 Å². The number of fused-ring (bicyclic) bond motifs is 1. The first kappa shape index (κ1) is 15.6. The molecule has 3 heterocycles. The van der Waals surface area contributed by atoms with E-state index in [1.807, 2.05) is 22.7 Å². The van der Waals surface area contributed by atoms with Gasteiger partial charge in [-0.2, -0.15) is 0 Å². The summed E-state index contributed by atoms with van der Waals surface area (Å²) in [6, 6.07) is 10.3. The zero-order valence-electron chi connectivity index (χ0n) is 13.0. The summed E-state index contributed by atoms with van der Waals surface area (Å²) >= 11 is 3.51. The zero-order valence-corrected chi connectivity index (χ0v) is 14.6. The van der Waals surface area contributed by atoms with Crippen LogP contribution in [0.3, 0.4) is 0 Å². The van der Waals surface area contributed by atoms with E-state index in [0.29, 0.717) is 0 Å². The molecule has 0 saturated carbocycles. The van der Waals surface area contributed by atoms with Crippen LogP contribution in [-0.4, -0.2) is 28.6 Å². The van der Waals surface area contributed by atoms with Gasteiger partial charge in [0.25, 0.3) is 0 Å². The highest BCUT2D eigenvalue weighted by molar-refractivity contribution is 9.10. The summed E-state index contributed by atoms with van der Waals surface area (Å²) in [5.41, 5.74) is 2.53. The Hall–Kier alpha value is -1.92. The van der Waals surface area contributed by atoms with Gasteiger partial charge in [-0.05, 0) is 65.2 Å². The molecular formula is C18H17BrFN3O. The van der Waals surface area contributed by atoms with Crippen molar-refractivity contribution in [2.75, 3.05) is 18.5 Å². The van der Waals surface area contributed by atoms with Crippen LogP contribution < -0.4 is 5.32 Å². The Bertz CT molecular complexity index is 857. The highest BCUT2D eigenvalue weighted by Crippen LogP contribution is 2.30. The molecule has 124 valence electrons. The highest BCUT2D eigenvalue weighted by Gasteiger charge is 2.19. The number of anilines is 1. The number of rotatable bonds is 4. The fourth-order valence-electron chi connectivity index (χ4n) is 3.01. The Labute approximate surface area is 147 Å². The predicted molar refractivity (Wildman–Crippen MR) is 95.7 cm³/mol. The summed E-state index contributed by atoms with van der Waals surface area (Å²) in [5, 5.41) is 3.48. The van der Waals surface area contributed by atoms with Crippen LogP contribution in [0.25, 0.3) is 16.9 Å². The van der Waals surface area contributed by atoms with Gasteiger partial charge in [-0.3, -0.25) is 4.40 Å². The summed E-state index contributed by atoms with van der Waals surface area (Å²) in [6.45, 7) is 1.56. The van der Waals surface area contributed by atoms with Crippen molar-refractivity contribution in [3.8, 4) is 11.3 Å². The third-order valence-corrected chi connectivity index (χ3v) is 4.69. The van der Waals surface area contributed by atoms with Gasteiger partial charge >= 0.3 is 0 Å². The number of imidazole rings is 1. The second-order valence-corrected chi connectivity index (χ2v) is 6.82. The quantitative estimate of drug-likeness (QED) is 0.713. The molecule has 3 aromatic rings. The fraction of sp³-hybridized carbons (Fsp3) is 0.278. The molecule has 0 aliphatic carbocycles. The maximum absolute atomic E-state index is 13.2. The number of halogens is 2. The Morgan fingerprint density at radius 3 is 2.83 bits per heavy atom. The van der Waals surface area contributed by atoms with Crippen LogP contribution in [0.4, 0.5) is 10.2 Å². The van der Waals surface area contributed by atoms with Crippen molar-refractivity contribution in [2.24, 2.45) is 0 Å². The first-order valence-corrected chi connectivity index (χ1v) is 8.79. The van der Waals surface area contributed by atoms with Crippen molar-refractivity contribution in [1.82, 2.24) is 9.38 Å². The average molecular weight is 390 g/mol. The van der Waals surface area contributed by atoms with Crippen LogP contribution in [0.15, 0.2) is 47.1 Å². The molecule has 4 nitrogen and oxygen atoms in total. The fourth-order valence-corrected chi connectivity index (χ4v) is 3.35. The standard InChI is InChI=1S/C18H17BrFN3O/c19-13-5-8-16-22-17(12-3-6-14(20)7-4-12)18(23(16)11-13)21-10-15-2-1-9-24-15/h3-8,11,15,21H,1-2,9-10H2. The van der Waals surface area contributed by atoms with Crippen LogP contribution in [-0.2, 0) is 4.74 Å². The highest BCUT2D eigenvalue weighted by atomic mass is 79.9. The molecule has 1 saturated heterocycles. The number of nitrogens with one attached hydrogen (secondary N) is 1. The Balaban J connectivity index is 1.75. The van der Waals surface area contributed by atoms with Gasteiger partial charge in [-0.25, -0.2) is 9.37 Å². The SMILES string of the molecule is Fc1ccc(-c2nc3ccc(Br)cn3c2NCC2CCCO2)cc1. The second-order valence-electron chi connectivity index (χ2n) is 5.91. The minimum absolute atomic E-state index is 0.226. The van der Waals surface area contributed by atoms with E-state index in [2.05, 4.69) is 21.2 Å². The van der Waals surface area contributed by atoms with E-state index in [9.17, 15) is 4.39 Å². The van der Waals surface area contributed by atoms with Crippen LogP contribution in [0.5, 0.6) is 0 Å². The molecule has 0 amide bonds. The molecule has 0 spiro atoms. The van der Waals surface area contributed by atoms with Gasteiger partial charge in [0, 0.05) is 29.4 Å². The van der Waals surface area contributed by atoms with E-state index in [1.54, 1.807) is 12.1 Å². The lowest BCUT2D eigenvalue weighted by atomic mass is 10.1. The number of pyridine rings is 1. The molecule has 1 N–H and O–H groups in total. The molecule has 1 atom stereocenters. The van der Waals surface area contributed by atoms with Gasteiger partial charge in [-0.1, -0.05) is 0 Å². The minimum Gasteiger partial charge on any atom is -0.376 e. The Morgan fingerprint density at radius 1 is 1.25 bits per heavy atom. The lowest BCUT2D eigenvalue weighted by Crippen LogP contribution is -2.19. The van der Waals surface area contributed by atoms with Crippen molar-refractivity contribution in [3.63, 3.8) is 0 Å². The summed E-state index contributed by atoms with van der Waals surface area (Å²) in [6.07, 6.45) is 4.38. The third-order valence-electron chi connectivity index (χ3n) is 4.22. The van der Waals surface area contributed by atoms with Crippen molar-refractivity contribution < 1.29 is 9.13 Å². The van der Waals surface area contributed by atoms with E-state index in [1.165, 1.54) is 12.1 Å². The van der Waals surface area contributed by atoms with Gasteiger partial charge in [0.05, 0.1) is 6.10 Å². The molecule has 1 aliphatic rings. The smallest absolute Gasteiger partial charge is 0.139 e. The number of benzene rings is 1. The molecule has 1 fully saturated rings. The van der Waals surface area contributed by atoms with E-state index in [0.717, 1.165) is 53.2 Å². The molecular weight excluding hydrogens is 373 g/mol. The number of hydrogen-bond acceptors (Lipinski definition) is 3. The normalized spacial score (nSPS) is 17.5. The van der Waals surface area contributed by atoms with Crippen molar-refractivity contribution >= 4 is 27.4 Å². The summed E-state index contributed by atoms with van der Waals surface area (Å²) in [5.74, 6) is 0.646. The molecule has 1 aromatic carbocycles. The third kappa shape index (κ3) is 3.03. The molecule has 2 aromatic heterocycles. The summed E-state index contributed by atoms with van der Waals surface area (Å²) in [4.78, 5) is 4.72. The first-order chi connectivity index (χ1) is 11.7. The molecule has 0 bridgehead atoms. The number of ether oxygens (including phenoxy) is 1. The van der Waals surface area contributed by atoms with Gasteiger partial charge in [-0.15, -0.1) is 0 Å². The predicted octanol–water partition coefficient (Wildman–Crippen LogP) is 4.49. The van der Waals surface area contributed by atoms with Crippen molar-refractivity contribution in [1.29, 1.82) is 0 Å². The summed E-state index contributed by atoms with van der Waals surface area (Å²) in [7, 11) is 0. The monoisotopic (exact) mass is 389 g/mol. The maximum atomic E-state index is 13.2. The number of hydrogen-bond donors (Lipinski definition) is 1. The van der Waals surface area contributed by atoms with Crippen LogP contribution in [0.1, 0.15) is 12.8 Å². The number of nitrogens with zero attached hydrogens (tertiary/aromatic N) is 2. The lowest BCUT2D eigenvalue weighted by molar-refractivity contribution is 0.120. The minimum atomic E-state index is -0.251. The molecule has 6 heteroatoms. The van der Waals surface area contributed by atoms with E-state index in [4.69, 9.17) is 9.72 Å². The molecule has 1 aliphatic heterocycles. The van der Waals surface area contributed by atoms with Gasteiger partial charge in [0.15, 0.2) is 0 Å². The maximum Gasteiger partial charge on any atom is 0.139 e. The van der Waals surface area contributed by atoms with Crippen LogP contribution >= 0.6 is 15.9 Å². The summed E-state index contributed by atoms with van der Waals surface area (Å²) < 4.78 is 21.9. The van der Waals surface area contributed by atoms with E-state index < -0.39 is 0 Å². The van der Waals surface area contributed by atoms with Crippen LogP contribution in [0, 0.1) is 5.82 Å². The number of aromatic nitrogens is 2. The van der Waals surface area contributed by atoms with Gasteiger partial charge in [0.1, 0.15) is 23.0 Å². The van der Waals surface area contributed by atoms with E-state index in [-0.39, 0.29) is 11.9 Å². The first-order valence-electron chi connectivity index (χ1n) is 8.00. The molecule has 1 unspecified atom stereocenters.